The number of hydrogen-bond donors (Lipinski definition) is 3. The fraction of sp³-hybridized carbons (Fsp3) is 0.645. The molecule has 1 amide bonds. The van der Waals surface area contributed by atoms with E-state index in [-0.39, 0.29) is 41.9 Å². The molecule has 3 N–H and O–H groups in total. The number of aliphatic hydroxyl groups is 1. The van der Waals surface area contributed by atoms with Crippen molar-refractivity contribution in [3.63, 3.8) is 0 Å². The Morgan fingerprint density at radius 1 is 1.26 bits per heavy atom. The number of esters is 1. The average molecular weight is 601 g/mol. The summed E-state index contributed by atoms with van der Waals surface area (Å²) in [6.07, 6.45) is 3.89. The van der Waals surface area contributed by atoms with Gasteiger partial charge in [0, 0.05) is 34.7 Å². The maximum Gasteiger partial charge on any atom is 0.494 e. The van der Waals surface area contributed by atoms with Crippen molar-refractivity contribution in [3.05, 3.63) is 35.7 Å². The van der Waals surface area contributed by atoms with Gasteiger partial charge in [0.1, 0.15) is 11.9 Å². The standard InChI is InChI=1S/C31H41BFNO9/c1-17-8-12-31-13-9-20(35)27(31)30(17,4)22(14-29(3,28(38)18(31)2)11-10-23(36)34-40-5)43-24(37)16-41-21-7-6-19-15-42-32(39)25(19)26(21)33/h6-7,10-11,17-18,22,27-28,38-39H,8-9,12-16H2,1-5H3,(H,34,36)/b11-10+/t17-,18-,22+,27-,28-,29+,30-,31-/m0/s1. The maximum atomic E-state index is 15.1. The van der Waals surface area contributed by atoms with E-state index in [9.17, 15) is 24.5 Å². The predicted octanol–water partition coefficient (Wildman–Crippen LogP) is 2.38. The number of fused-ring (bicyclic) bond motifs is 1. The molecule has 0 saturated heterocycles. The van der Waals surface area contributed by atoms with Crippen LogP contribution < -0.4 is 15.7 Å². The first-order valence-electron chi connectivity index (χ1n) is 14.9. The number of Topliss-reactive ketones (excluding diaryl/α,β-unsaturated/α-hetero) is 1. The quantitative estimate of drug-likeness (QED) is 0.186. The third-order valence-electron chi connectivity index (χ3n) is 11.2. The van der Waals surface area contributed by atoms with Gasteiger partial charge in [-0.25, -0.2) is 14.7 Å². The van der Waals surface area contributed by atoms with Gasteiger partial charge in [-0.2, -0.15) is 0 Å². The summed E-state index contributed by atoms with van der Waals surface area (Å²) in [6, 6.07) is 2.94. The van der Waals surface area contributed by atoms with Crippen LogP contribution in [0.15, 0.2) is 24.3 Å². The summed E-state index contributed by atoms with van der Waals surface area (Å²) < 4.78 is 31.8. The molecule has 0 unspecified atom stereocenters. The number of amides is 1. The molecule has 0 aromatic heterocycles. The van der Waals surface area contributed by atoms with Crippen LogP contribution in [0, 0.1) is 39.8 Å². The van der Waals surface area contributed by atoms with E-state index in [2.05, 4.69) is 12.4 Å². The van der Waals surface area contributed by atoms with Crippen LogP contribution in [0.5, 0.6) is 5.75 Å². The minimum atomic E-state index is -1.41. The molecule has 1 heterocycles. The number of halogens is 1. The molecule has 3 fully saturated rings. The van der Waals surface area contributed by atoms with Crippen LogP contribution in [0.2, 0.25) is 0 Å². The Balaban J connectivity index is 1.48. The highest BCUT2D eigenvalue weighted by atomic mass is 19.1. The Kier molecular flexibility index (Phi) is 8.54. The predicted molar refractivity (Wildman–Crippen MR) is 153 cm³/mol. The lowest BCUT2D eigenvalue weighted by molar-refractivity contribution is -0.207. The molecule has 0 radical (unpaired) electrons. The monoisotopic (exact) mass is 601 g/mol. The summed E-state index contributed by atoms with van der Waals surface area (Å²) in [5.41, 5.74) is 0.457. The summed E-state index contributed by atoms with van der Waals surface area (Å²) in [5, 5.41) is 21.9. The second kappa shape index (κ2) is 11.6. The Morgan fingerprint density at radius 3 is 2.72 bits per heavy atom. The van der Waals surface area contributed by atoms with Crippen molar-refractivity contribution in [2.75, 3.05) is 13.7 Å². The Labute approximate surface area is 251 Å². The highest BCUT2D eigenvalue weighted by Crippen LogP contribution is 2.68. The van der Waals surface area contributed by atoms with E-state index in [0.717, 1.165) is 12.8 Å². The van der Waals surface area contributed by atoms with Gasteiger partial charge in [0.2, 0.25) is 0 Å². The second-order valence-corrected chi connectivity index (χ2v) is 13.3. The van der Waals surface area contributed by atoms with Gasteiger partial charge in [0.15, 0.2) is 18.2 Å². The minimum Gasteiger partial charge on any atom is -0.479 e. The number of nitrogens with one attached hydrogen (secondary N) is 1. The largest absolute Gasteiger partial charge is 0.494 e. The number of ether oxygens (including phenoxy) is 2. The van der Waals surface area contributed by atoms with Gasteiger partial charge in [0.25, 0.3) is 5.91 Å². The zero-order valence-corrected chi connectivity index (χ0v) is 25.4. The molecule has 1 aliphatic heterocycles. The normalized spacial score (nSPS) is 37.0. The molecule has 1 aromatic rings. The molecule has 0 spiro atoms. The van der Waals surface area contributed by atoms with Crippen LogP contribution in [0.4, 0.5) is 4.39 Å². The minimum absolute atomic E-state index is 0.00880. The smallest absolute Gasteiger partial charge is 0.479 e. The number of ketones is 1. The molecule has 5 rings (SSSR count). The van der Waals surface area contributed by atoms with Crippen LogP contribution in [-0.2, 0) is 35.2 Å². The number of carbonyl (C=O) groups excluding carboxylic acids is 3. The highest BCUT2D eigenvalue weighted by Gasteiger charge is 2.68. The highest BCUT2D eigenvalue weighted by molar-refractivity contribution is 6.61. The molecule has 4 aliphatic rings. The fourth-order valence-corrected chi connectivity index (χ4v) is 8.56. The second-order valence-electron chi connectivity index (χ2n) is 13.3. The Bertz CT molecular complexity index is 1320. The Hall–Kier alpha value is -2.80. The third kappa shape index (κ3) is 5.20. The molecule has 1 aromatic carbocycles. The summed E-state index contributed by atoms with van der Waals surface area (Å²) in [6.45, 7) is 7.35. The van der Waals surface area contributed by atoms with Crippen molar-refractivity contribution >= 4 is 30.2 Å². The van der Waals surface area contributed by atoms with Crippen molar-refractivity contribution < 1.29 is 47.9 Å². The van der Waals surface area contributed by atoms with E-state index in [4.69, 9.17) is 19.0 Å². The molecule has 234 valence electrons. The van der Waals surface area contributed by atoms with Gasteiger partial charge in [-0.15, -0.1) is 0 Å². The summed E-state index contributed by atoms with van der Waals surface area (Å²) in [5.74, 6) is -2.86. The molecule has 3 aliphatic carbocycles. The van der Waals surface area contributed by atoms with Gasteiger partial charge >= 0.3 is 13.1 Å². The Morgan fingerprint density at radius 2 is 2.00 bits per heavy atom. The lowest BCUT2D eigenvalue weighted by atomic mass is 9.44. The third-order valence-corrected chi connectivity index (χ3v) is 11.2. The number of hydrogen-bond acceptors (Lipinski definition) is 9. The van der Waals surface area contributed by atoms with Gasteiger partial charge in [-0.05, 0) is 54.6 Å². The fourth-order valence-electron chi connectivity index (χ4n) is 8.56. The summed E-state index contributed by atoms with van der Waals surface area (Å²) >= 11 is 0. The first kappa shape index (κ1) is 31.6. The first-order valence-corrected chi connectivity index (χ1v) is 14.9. The van der Waals surface area contributed by atoms with E-state index in [1.807, 2.05) is 20.8 Å². The zero-order chi connectivity index (χ0) is 31.3. The number of aliphatic hydroxyl groups excluding tert-OH is 1. The van der Waals surface area contributed by atoms with Crippen molar-refractivity contribution in [2.24, 2.45) is 34.0 Å². The van der Waals surface area contributed by atoms with Crippen LogP contribution in [0.1, 0.15) is 65.4 Å². The van der Waals surface area contributed by atoms with E-state index >= 15 is 4.39 Å². The molecule has 43 heavy (non-hydrogen) atoms. The van der Waals surface area contributed by atoms with Crippen LogP contribution >= 0.6 is 0 Å². The van der Waals surface area contributed by atoms with Crippen molar-refractivity contribution in [1.29, 1.82) is 0 Å². The number of benzene rings is 1. The molecule has 8 atom stereocenters. The van der Waals surface area contributed by atoms with Crippen molar-refractivity contribution in [1.82, 2.24) is 5.48 Å². The van der Waals surface area contributed by atoms with E-state index in [1.54, 1.807) is 12.1 Å². The maximum absolute atomic E-state index is 15.1. The molecular formula is C31H41BFNO9. The molecule has 12 heteroatoms. The molecular weight excluding hydrogens is 560 g/mol. The van der Waals surface area contributed by atoms with Gasteiger partial charge < -0.3 is 24.3 Å². The van der Waals surface area contributed by atoms with E-state index in [0.29, 0.717) is 18.4 Å². The first-order chi connectivity index (χ1) is 20.3. The molecule has 3 saturated carbocycles. The lowest BCUT2D eigenvalue weighted by Crippen LogP contribution is -2.63. The number of hydroxylamine groups is 1. The molecule has 2 bridgehead atoms. The molecule has 10 nitrogen and oxygen atoms in total. The van der Waals surface area contributed by atoms with Crippen molar-refractivity contribution in [2.45, 2.75) is 78.6 Å². The van der Waals surface area contributed by atoms with E-state index < -0.39 is 65.8 Å². The van der Waals surface area contributed by atoms with Crippen LogP contribution in [0.3, 0.4) is 0 Å². The van der Waals surface area contributed by atoms with Crippen LogP contribution in [0.25, 0.3) is 0 Å². The SMILES string of the molecule is CONC(=O)/C=C/[C@]1(C)C[C@@H](OC(=O)COc2ccc3c(c2F)B(O)OC3)[C@@]2(C)[C@@H]3C(=O)CC[C@@]3(CC[C@@H]2C)[C@@H](C)[C@@H]1O. The summed E-state index contributed by atoms with van der Waals surface area (Å²) in [4.78, 5) is 44.0. The van der Waals surface area contributed by atoms with Crippen molar-refractivity contribution in [3.8, 4) is 5.75 Å². The lowest BCUT2D eigenvalue weighted by Gasteiger charge is -2.61. The average Bonchev–Trinajstić information content (AvgIpc) is 3.53. The van der Waals surface area contributed by atoms with E-state index in [1.165, 1.54) is 19.3 Å². The van der Waals surface area contributed by atoms with Gasteiger partial charge in [-0.3, -0.25) is 14.4 Å². The zero-order valence-electron chi connectivity index (χ0n) is 25.4. The van der Waals surface area contributed by atoms with Gasteiger partial charge in [-0.1, -0.05) is 39.8 Å². The number of carbonyl (C=O) groups is 3. The topological polar surface area (TPSA) is 141 Å². The summed E-state index contributed by atoms with van der Waals surface area (Å²) in [7, 11) is -0.0924. The van der Waals surface area contributed by atoms with Gasteiger partial charge in [0.05, 0.1) is 19.8 Å². The number of rotatable bonds is 7. The van der Waals surface area contributed by atoms with Crippen LogP contribution in [-0.4, -0.2) is 60.8 Å².